The second-order valence-electron chi connectivity index (χ2n) is 10.5. The fourth-order valence-corrected chi connectivity index (χ4v) is 6.58. The molecule has 35 heavy (non-hydrogen) atoms. The molecule has 0 aliphatic heterocycles. The van der Waals surface area contributed by atoms with Crippen molar-refractivity contribution in [2.24, 2.45) is 17.8 Å². The molecular weight excluding hydrogens is 456 g/mol. The Balaban J connectivity index is 1.23. The Morgan fingerprint density at radius 1 is 1.00 bits per heavy atom. The van der Waals surface area contributed by atoms with Crippen LogP contribution in [0.25, 0.3) is 0 Å². The van der Waals surface area contributed by atoms with Crippen LogP contribution in [0, 0.1) is 24.7 Å². The zero-order valence-corrected chi connectivity index (χ0v) is 21.9. The predicted molar refractivity (Wildman–Crippen MR) is 141 cm³/mol. The van der Waals surface area contributed by atoms with E-state index in [1.54, 1.807) is 17.7 Å². The van der Waals surface area contributed by atoms with Gasteiger partial charge in [-0.3, -0.25) is 0 Å². The average molecular weight is 497 g/mol. The molecule has 5 nitrogen and oxygen atoms in total. The van der Waals surface area contributed by atoms with Crippen molar-refractivity contribution < 1.29 is 13.2 Å². The molecule has 0 bridgehead atoms. The van der Waals surface area contributed by atoms with Gasteiger partial charge in [-0.1, -0.05) is 66.6 Å². The van der Waals surface area contributed by atoms with Crippen molar-refractivity contribution in [3.8, 4) is 0 Å². The van der Waals surface area contributed by atoms with E-state index in [2.05, 4.69) is 35.4 Å². The van der Waals surface area contributed by atoms with E-state index in [0.29, 0.717) is 29.3 Å². The summed E-state index contributed by atoms with van der Waals surface area (Å²) >= 11 is 0. The largest absolute Gasteiger partial charge is 0.377 e. The number of hydrogen-bond acceptors (Lipinski definition) is 4. The number of allylic oxidation sites excluding steroid dienone is 2. The summed E-state index contributed by atoms with van der Waals surface area (Å²) in [7, 11) is -3.57. The Morgan fingerprint density at radius 2 is 1.77 bits per heavy atom. The molecule has 4 rings (SSSR count). The highest BCUT2D eigenvalue weighted by Crippen LogP contribution is 2.43. The number of nitrogens with one attached hydrogen (secondary N) is 2. The number of aryl methyl sites for hydroxylation is 1. The van der Waals surface area contributed by atoms with Crippen LogP contribution in [0.5, 0.6) is 0 Å². The third-order valence-corrected chi connectivity index (χ3v) is 8.82. The highest BCUT2D eigenvalue weighted by atomic mass is 32.2. The van der Waals surface area contributed by atoms with Gasteiger partial charge in [0.05, 0.1) is 11.5 Å². The lowest BCUT2D eigenvalue weighted by Gasteiger charge is -2.43. The van der Waals surface area contributed by atoms with Crippen molar-refractivity contribution in [1.82, 2.24) is 10.3 Å². The lowest BCUT2D eigenvalue weighted by atomic mass is 9.65. The van der Waals surface area contributed by atoms with Crippen LogP contribution in [0.3, 0.4) is 0 Å². The highest BCUT2D eigenvalue weighted by Gasteiger charge is 2.38. The van der Waals surface area contributed by atoms with Crippen LogP contribution >= 0.6 is 0 Å². The van der Waals surface area contributed by atoms with Gasteiger partial charge in [-0.2, -0.15) is 0 Å². The van der Waals surface area contributed by atoms with Crippen LogP contribution in [0.15, 0.2) is 71.1 Å². The SMILES string of the molecule is Cc1ccc(S(=O)(=O)NN[C@H]2C[C@H](C)C[C@H]3CC(CCCCOCc4ccccc4)=CC[C@H]32)cc1. The van der Waals surface area contributed by atoms with Gasteiger partial charge in [0.25, 0.3) is 10.0 Å². The first-order chi connectivity index (χ1) is 16.9. The molecule has 2 aliphatic rings. The molecule has 1 saturated carbocycles. The summed E-state index contributed by atoms with van der Waals surface area (Å²) in [6, 6.07) is 17.5. The number of benzene rings is 2. The Morgan fingerprint density at radius 3 is 2.54 bits per heavy atom. The summed E-state index contributed by atoms with van der Waals surface area (Å²) in [5.74, 6) is 1.68. The minimum Gasteiger partial charge on any atom is -0.377 e. The van der Waals surface area contributed by atoms with Crippen LogP contribution in [0.2, 0.25) is 0 Å². The zero-order valence-electron chi connectivity index (χ0n) is 21.1. The van der Waals surface area contributed by atoms with Gasteiger partial charge < -0.3 is 4.74 Å². The van der Waals surface area contributed by atoms with Crippen molar-refractivity contribution in [3.05, 3.63) is 77.4 Å². The molecule has 0 aromatic heterocycles. The minimum atomic E-state index is -3.57. The molecule has 2 N–H and O–H groups in total. The van der Waals surface area contributed by atoms with Crippen molar-refractivity contribution in [2.45, 2.75) is 76.3 Å². The van der Waals surface area contributed by atoms with Gasteiger partial charge in [-0.15, -0.1) is 4.83 Å². The number of hydrogen-bond donors (Lipinski definition) is 2. The van der Waals surface area contributed by atoms with E-state index < -0.39 is 10.0 Å². The molecule has 0 saturated heterocycles. The number of rotatable bonds is 11. The Bertz CT molecular complexity index is 1070. The van der Waals surface area contributed by atoms with Gasteiger partial charge >= 0.3 is 0 Å². The number of fused-ring (bicyclic) bond motifs is 1. The monoisotopic (exact) mass is 496 g/mol. The molecular formula is C29H40N2O3S. The van der Waals surface area contributed by atoms with E-state index in [-0.39, 0.29) is 6.04 Å². The maximum atomic E-state index is 12.8. The second-order valence-corrected chi connectivity index (χ2v) is 12.1. The lowest BCUT2D eigenvalue weighted by molar-refractivity contribution is 0.115. The molecule has 1 fully saturated rings. The summed E-state index contributed by atoms with van der Waals surface area (Å²) < 4.78 is 31.3. The Kier molecular flexibility index (Phi) is 9.17. The van der Waals surface area contributed by atoms with E-state index >= 15 is 0 Å². The normalized spacial score (nSPS) is 24.6. The summed E-state index contributed by atoms with van der Waals surface area (Å²) in [5, 5.41) is 0. The third kappa shape index (κ3) is 7.50. The van der Waals surface area contributed by atoms with Crippen molar-refractivity contribution in [2.75, 3.05) is 6.61 Å². The van der Waals surface area contributed by atoms with Crippen LogP contribution in [-0.4, -0.2) is 21.1 Å². The predicted octanol–water partition coefficient (Wildman–Crippen LogP) is 5.92. The van der Waals surface area contributed by atoms with Gasteiger partial charge in [0.2, 0.25) is 0 Å². The van der Waals surface area contributed by atoms with Gasteiger partial charge in [0.1, 0.15) is 0 Å². The molecule has 0 amide bonds. The summed E-state index contributed by atoms with van der Waals surface area (Å²) in [6.45, 7) is 5.74. The van der Waals surface area contributed by atoms with E-state index in [1.807, 2.05) is 37.3 Å². The van der Waals surface area contributed by atoms with Gasteiger partial charge in [-0.05, 0) is 87.3 Å². The topological polar surface area (TPSA) is 67.4 Å². The van der Waals surface area contributed by atoms with E-state index in [0.717, 1.165) is 50.7 Å². The molecule has 2 aliphatic carbocycles. The van der Waals surface area contributed by atoms with Crippen LogP contribution in [-0.2, 0) is 21.4 Å². The van der Waals surface area contributed by atoms with Crippen molar-refractivity contribution in [3.63, 3.8) is 0 Å². The third-order valence-electron chi connectivity index (χ3n) is 7.54. The first kappa shape index (κ1) is 26.1. The van der Waals surface area contributed by atoms with Crippen LogP contribution in [0.1, 0.15) is 63.0 Å². The lowest BCUT2D eigenvalue weighted by Crippen LogP contribution is -2.52. The highest BCUT2D eigenvalue weighted by molar-refractivity contribution is 7.89. The summed E-state index contributed by atoms with van der Waals surface area (Å²) in [6.07, 6.45) is 10.2. The first-order valence-corrected chi connectivity index (χ1v) is 14.5. The molecule has 0 unspecified atom stereocenters. The molecule has 6 heteroatoms. The number of hydrazine groups is 1. The van der Waals surface area contributed by atoms with Crippen LogP contribution < -0.4 is 10.3 Å². The Hall–Kier alpha value is -1.99. The number of ether oxygens (including phenoxy) is 1. The molecule has 2 aromatic carbocycles. The average Bonchev–Trinajstić information content (AvgIpc) is 2.85. The summed E-state index contributed by atoms with van der Waals surface area (Å²) in [5.41, 5.74) is 7.06. The van der Waals surface area contributed by atoms with Gasteiger partial charge in [0, 0.05) is 12.6 Å². The van der Waals surface area contributed by atoms with Crippen molar-refractivity contribution in [1.29, 1.82) is 0 Å². The molecule has 0 spiro atoms. The van der Waals surface area contributed by atoms with E-state index in [1.165, 1.54) is 12.0 Å². The quantitative estimate of drug-likeness (QED) is 0.230. The molecule has 0 heterocycles. The molecule has 190 valence electrons. The first-order valence-electron chi connectivity index (χ1n) is 13.0. The minimum absolute atomic E-state index is 0.160. The van der Waals surface area contributed by atoms with E-state index in [9.17, 15) is 8.42 Å². The molecule has 2 aromatic rings. The van der Waals surface area contributed by atoms with Crippen molar-refractivity contribution >= 4 is 10.0 Å². The number of unbranched alkanes of at least 4 members (excludes halogenated alkanes) is 1. The fraction of sp³-hybridized carbons (Fsp3) is 0.517. The van der Waals surface area contributed by atoms with Gasteiger partial charge in [0.15, 0.2) is 0 Å². The standard InChI is InChI=1S/C29H40N2O3S/c1-22-11-14-27(15-12-22)35(32,33)31-30-29-19-23(2)18-26-20-24(13-16-28(26)29)8-6-7-17-34-21-25-9-4-3-5-10-25/h3-5,9-15,23,26,28-31H,6-8,16-21H2,1-2H3/t23-,26+,28-,29+/m1/s1. The Labute approximate surface area is 211 Å². The second kappa shape index (κ2) is 12.3. The smallest absolute Gasteiger partial charge is 0.253 e. The van der Waals surface area contributed by atoms with E-state index in [4.69, 9.17) is 4.74 Å². The maximum absolute atomic E-state index is 12.8. The molecule has 4 atom stereocenters. The number of sulfonamides is 1. The zero-order chi connectivity index (χ0) is 24.7. The summed E-state index contributed by atoms with van der Waals surface area (Å²) in [4.78, 5) is 2.98. The van der Waals surface area contributed by atoms with Gasteiger partial charge in [-0.25, -0.2) is 13.8 Å². The fourth-order valence-electron chi connectivity index (χ4n) is 5.66. The molecule has 0 radical (unpaired) electrons. The maximum Gasteiger partial charge on any atom is 0.253 e. The van der Waals surface area contributed by atoms with Crippen LogP contribution in [0.4, 0.5) is 0 Å².